The van der Waals surface area contributed by atoms with E-state index in [-0.39, 0.29) is 28.8 Å². The van der Waals surface area contributed by atoms with Crippen molar-refractivity contribution in [3.05, 3.63) is 75.0 Å². The number of fused-ring (bicyclic) bond motifs is 1. The maximum atomic E-state index is 13.3. The maximum absolute atomic E-state index is 13.3. The molecule has 4 rings (SSSR count). The van der Waals surface area contributed by atoms with Gasteiger partial charge in [-0.1, -0.05) is 61.6 Å². The van der Waals surface area contributed by atoms with Crippen molar-refractivity contribution in [1.82, 2.24) is 14.3 Å². The topological polar surface area (TPSA) is 63.9 Å². The van der Waals surface area contributed by atoms with Gasteiger partial charge in [0.05, 0.1) is 4.91 Å². The molecule has 3 heterocycles. The minimum absolute atomic E-state index is 0.147. The first-order valence-corrected chi connectivity index (χ1v) is 11.1. The number of carbonyl (C=O) groups excluding carboxylic acids is 1. The number of aryl methyl sites for hydroxylation is 1. The summed E-state index contributed by atoms with van der Waals surface area (Å²) in [6.45, 7) is 6.56. The Morgan fingerprint density at radius 3 is 2.61 bits per heavy atom. The molecule has 1 saturated heterocycles. The van der Waals surface area contributed by atoms with Crippen molar-refractivity contribution in [2.45, 2.75) is 20.8 Å². The Labute approximate surface area is 189 Å². The number of ether oxygens (including phenoxy) is 1. The zero-order valence-corrected chi connectivity index (χ0v) is 19.0. The molecule has 0 radical (unpaired) electrons. The van der Waals surface area contributed by atoms with Crippen molar-refractivity contribution >= 4 is 45.9 Å². The van der Waals surface area contributed by atoms with Crippen LogP contribution in [0, 0.1) is 12.8 Å². The summed E-state index contributed by atoms with van der Waals surface area (Å²) in [5.41, 5.74) is 1.43. The lowest BCUT2D eigenvalue weighted by atomic mass is 10.2. The Kier molecular flexibility index (Phi) is 5.93. The van der Waals surface area contributed by atoms with E-state index in [9.17, 15) is 9.59 Å². The molecular weight excluding hydrogens is 430 g/mol. The molecule has 0 unspecified atom stereocenters. The molecule has 0 spiro atoms. The fourth-order valence-electron chi connectivity index (χ4n) is 3.16. The molecule has 1 fully saturated rings. The van der Waals surface area contributed by atoms with Crippen molar-refractivity contribution in [3.63, 3.8) is 0 Å². The molecule has 1 aliphatic rings. The van der Waals surface area contributed by atoms with E-state index in [1.165, 1.54) is 22.2 Å². The third-order valence-electron chi connectivity index (χ3n) is 4.67. The molecule has 1 aliphatic heterocycles. The van der Waals surface area contributed by atoms with Gasteiger partial charge in [0.25, 0.3) is 11.5 Å². The summed E-state index contributed by atoms with van der Waals surface area (Å²) in [7, 11) is 0. The highest BCUT2D eigenvalue weighted by Crippen LogP contribution is 2.34. The van der Waals surface area contributed by atoms with Gasteiger partial charge in [0.2, 0.25) is 5.88 Å². The van der Waals surface area contributed by atoms with Crippen LogP contribution in [0.3, 0.4) is 0 Å². The summed E-state index contributed by atoms with van der Waals surface area (Å²) in [5.74, 6) is 0.770. The molecule has 0 N–H and O–H groups in total. The smallest absolute Gasteiger partial charge is 0.269 e. The summed E-state index contributed by atoms with van der Waals surface area (Å²) in [6, 6.07) is 12.7. The molecule has 8 heteroatoms. The number of pyridine rings is 1. The van der Waals surface area contributed by atoms with E-state index < -0.39 is 0 Å². The lowest BCUT2D eigenvalue weighted by molar-refractivity contribution is -0.122. The third kappa shape index (κ3) is 4.40. The van der Waals surface area contributed by atoms with E-state index in [4.69, 9.17) is 17.0 Å². The Hall–Kier alpha value is -2.97. The highest BCUT2D eigenvalue weighted by atomic mass is 32.2. The van der Waals surface area contributed by atoms with Gasteiger partial charge in [-0.25, -0.2) is 0 Å². The van der Waals surface area contributed by atoms with Crippen LogP contribution in [0.2, 0.25) is 0 Å². The van der Waals surface area contributed by atoms with Gasteiger partial charge in [-0.2, -0.15) is 4.98 Å². The van der Waals surface area contributed by atoms with Crippen LogP contribution in [0.5, 0.6) is 11.6 Å². The molecule has 31 heavy (non-hydrogen) atoms. The quantitative estimate of drug-likeness (QED) is 0.416. The maximum Gasteiger partial charge on any atom is 0.269 e. The summed E-state index contributed by atoms with van der Waals surface area (Å²) < 4.78 is 7.90. The highest BCUT2D eigenvalue weighted by Gasteiger charge is 2.33. The zero-order chi connectivity index (χ0) is 22.1. The summed E-state index contributed by atoms with van der Waals surface area (Å²) in [6.07, 6.45) is 3.18. The Morgan fingerprint density at radius 2 is 1.90 bits per heavy atom. The van der Waals surface area contributed by atoms with E-state index >= 15 is 0 Å². The second-order valence-electron chi connectivity index (χ2n) is 7.67. The molecule has 0 bridgehead atoms. The van der Waals surface area contributed by atoms with Crippen LogP contribution in [0.15, 0.2) is 58.4 Å². The monoisotopic (exact) mass is 451 g/mol. The number of aromatic nitrogens is 2. The lowest BCUT2D eigenvalue weighted by Crippen LogP contribution is -2.31. The fraction of sp³-hybridized carbons (Fsp3) is 0.217. The van der Waals surface area contributed by atoms with Gasteiger partial charge in [0.1, 0.15) is 21.3 Å². The van der Waals surface area contributed by atoms with Crippen LogP contribution in [0.4, 0.5) is 0 Å². The number of benzene rings is 1. The molecular formula is C23H21N3O3S2. The lowest BCUT2D eigenvalue weighted by Gasteiger charge is -2.16. The van der Waals surface area contributed by atoms with Gasteiger partial charge >= 0.3 is 0 Å². The normalized spacial score (nSPS) is 15.5. The summed E-state index contributed by atoms with van der Waals surface area (Å²) in [5, 5.41) is 0. The van der Waals surface area contributed by atoms with Gasteiger partial charge in [-0.3, -0.25) is 18.9 Å². The van der Waals surface area contributed by atoms with Crippen LogP contribution < -0.4 is 10.3 Å². The molecule has 6 nitrogen and oxygen atoms in total. The third-order valence-corrected chi connectivity index (χ3v) is 6.04. The van der Waals surface area contributed by atoms with Crippen molar-refractivity contribution in [1.29, 1.82) is 0 Å². The molecule has 3 aromatic rings. The van der Waals surface area contributed by atoms with E-state index in [1.54, 1.807) is 29.3 Å². The molecule has 1 aromatic carbocycles. The number of amides is 1. The number of hydrogen-bond donors (Lipinski definition) is 0. The van der Waals surface area contributed by atoms with Crippen molar-refractivity contribution in [2.24, 2.45) is 5.92 Å². The first-order valence-electron chi connectivity index (χ1n) is 9.85. The predicted octanol–water partition coefficient (Wildman–Crippen LogP) is 4.65. The van der Waals surface area contributed by atoms with Gasteiger partial charge in [0, 0.05) is 12.7 Å². The largest absolute Gasteiger partial charge is 0.438 e. The predicted molar refractivity (Wildman–Crippen MR) is 127 cm³/mol. The van der Waals surface area contributed by atoms with Crippen LogP contribution in [-0.2, 0) is 4.79 Å². The minimum atomic E-state index is -0.318. The molecule has 1 amide bonds. The van der Waals surface area contributed by atoms with Crippen LogP contribution in [0.25, 0.3) is 11.7 Å². The van der Waals surface area contributed by atoms with Gasteiger partial charge in [-0.15, -0.1) is 0 Å². The second kappa shape index (κ2) is 8.64. The van der Waals surface area contributed by atoms with Crippen LogP contribution in [0.1, 0.15) is 25.0 Å². The molecule has 0 saturated carbocycles. The molecule has 0 atom stereocenters. The average molecular weight is 452 g/mol. The minimum Gasteiger partial charge on any atom is -0.438 e. The number of thiocarbonyl (C=S) groups is 1. The van der Waals surface area contributed by atoms with E-state index in [0.29, 0.717) is 27.2 Å². The van der Waals surface area contributed by atoms with Gasteiger partial charge < -0.3 is 4.74 Å². The zero-order valence-electron chi connectivity index (χ0n) is 17.4. The van der Waals surface area contributed by atoms with Crippen molar-refractivity contribution in [3.8, 4) is 11.6 Å². The summed E-state index contributed by atoms with van der Waals surface area (Å²) in [4.78, 5) is 32.7. The van der Waals surface area contributed by atoms with Crippen molar-refractivity contribution < 1.29 is 9.53 Å². The average Bonchev–Trinajstić information content (AvgIpc) is 2.99. The van der Waals surface area contributed by atoms with Gasteiger partial charge in [0.15, 0.2) is 0 Å². The summed E-state index contributed by atoms with van der Waals surface area (Å²) >= 11 is 6.57. The second-order valence-corrected chi connectivity index (χ2v) is 9.34. The Morgan fingerprint density at radius 1 is 1.16 bits per heavy atom. The Balaban J connectivity index is 1.82. The van der Waals surface area contributed by atoms with E-state index in [0.717, 1.165) is 5.56 Å². The van der Waals surface area contributed by atoms with Crippen molar-refractivity contribution in [2.75, 3.05) is 6.54 Å². The Bertz CT molecular complexity index is 1260. The van der Waals surface area contributed by atoms with Gasteiger partial charge in [-0.05, 0) is 43.2 Å². The first kappa shape index (κ1) is 21.3. The number of hydrogen-bond acceptors (Lipinski definition) is 6. The fourth-order valence-corrected chi connectivity index (χ4v) is 4.41. The molecule has 158 valence electrons. The van der Waals surface area contributed by atoms with E-state index in [1.807, 2.05) is 45.0 Å². The molecule has 0 aliphatic carbocycles. The number of nitrogens with zero attached hydrogens (tertiary/aromatic N) is 3. The standard InChI is InChI=1S/C23H21N3O3S2/c1-14(2)13-26-22(28)18(31-23(26)30)12-17-20(29-16-9-7-15(3)8-10-16)24-19-6-4-5-11-25(19)21(17)27/h4-12,14H,13H2,1-3H3. The van der Waals surface area contributed by atoms with E-state index in [2.05, 4.69) is 4.98 Å². The molecule has 2 aromatic heterocycles. The highest BCUT2D eigenvalue weighted by molar-refractivity contribution is 8.26. The first-order chi connectivity index (χ1) is 14.8. The SMILES string of the molecule is Cc1ccc(Oc2nc3ccccn3c(=O)c2C=C2SC(=S)N(CC(C)C)C2=O)cc1. The number of rotatable bonds is 5. The number of thioether (sulfide) groups is 1. The number of carbonyl (C=O) groups is 1. The van der Waals surface area contributed by atoms with Crippen LogP contribution in [-0.4, -0.2) is 31.1 Å². The van der Waals surface area contributed by atoms with Crippen LogP contribution >= 0.6 is 24.0 Å².